The van der Waals surface area contributed by atoms with Crippen molar-refractivity contribution in [2.75, 3.05) is 13.1 Å². The summed E-state index contributed by atoms with van der Waals surface area (Å²) in [6, 6.07) is 2.07. The maximum Gasteiger partial charge on any atom is 0.308 e. The van der Waals surface area contributed by atoms with Gasteiger partial charge in [-0.2, -0.15) is 0 Å². The van der Waals surface area contributed by atoms with E-state index in [0.717, 1.165) is 19.3 Å². The number of fused-ring (bicyclic) bond motifs is 1. The second-order valence-electron chi connectivity index (χ2n) is 5.91. The molecule has 1 aliphatic heterocycles. The number of amides is 1. The molecule has 2 heterocycles. The second kappa shape index (κ2) is 5.20. The van der Waals surface area contributed by atoms with Crippen LogP contribution in [0.25, 0.3) is 0 Å². The Morgan fingerprint density at radius 3 is 2.90 bits per heavy atom. The Morgan fingerprint density at radius 1 is 1.40 bits per heavy atom. The van der Waals surface area contributed by atoms with Crippen LogP contribution in [0.4, 0.5) is 0 Å². The SMILES string of the molecule is CC1CN(C(=O)C2CCCc3sccc32)CC1C(=O)O. The zero-order chi connectivity index (χ0) is 14.3. The van der Waals surface area contributed by atoms with Crippen molar-refractivity contribution in [3.8, 4) is 0 Å². The Kier molecular flexibility index (Phi) is 3.54. The van der Waals surface area contributed by atoms with E-state index in [1.807, 2.05) is 6.92 Å². The standard InChI is InChI=1S/C15H19NO3S/c1-9-7-16(8-12(9)15(18)19)14(17)11-3-2-4-13-10(11)5-6-20-13/h5-6,9,11-12H,2-4,7-8H2,1H3,(H,18,19). The molecular formula is C15H19NO3S. The highest BCUT2D eigenvalue weighted by atomic mass is 32.1. The molecule has 5 heteroatoms. The lowest BCUT2D eigenvalue weighted by atomic mass is 9.87. The van der Waals surface area contributed by atoms with E-state index in [-0.39, 0.29) is 17.7 Å². The number of thiophene rings is 1. The van der Waals surface area contributed by atoms with Gasteiger partial charge in [0.15, 0.2) is 0 Å². The Labute approximate surface area is 122 Å². The first kappa shape index (κ1) is 13.6. The van der Waals surface area contributed by atoms with Gasteiger partial charge in [0.25, 0.3) is 0 Å². The minimum Gasteiger partial charge on any atom is -0.481 e. The summed E-state index contributed by atoms with van der Waals surface area (Å²) < 4.78 is 0. The van der Waals surface area contributed by atoms with E-state index >= 15 is 0 Å². The summed E-state index contributed by atoms with van der Waals surface area (Å²) in [6.45, 7) is 2.86. The fraction of sp³-hybridized carbons (Fsp3) is 0.600. The molecule has 4 nitrogen and oxygen atoms in total. The minimum atomic E-state index is -0.785. The van der Waals surface area contributed by atoms with Crippen LogP contribution in [0.2, 0.25) is 0 Å². The third-order valence-electron chi connectivity index (χ3n) is 4.59. The Hall–Kier alpha value is -1.36. The number of likely N-dealkylation sites (tertiary alicyclic amines) is 1. The third-order valence-corrected chi connectivity index (χ3v) is 5.59. The Bertz CT molecular complexity index is 539. The number of hydrogen-bond acceptors (Lipinski definition) is 3. The topological polar surface area (TPSA) is 57.6 Å². The van der Waals surface area contributed by atoms with Crippen LogP contribution >= 0.6 is 11.3 Å². The lowest BCUT2D eigenvalue weighted by Gasteiger charge is -2.26. The smallest absolute Gasteiger partial charge is 0.308 e. The molecule has 3 atom stereocenters. The Morgan fingerprint density at radius 2 is 2.20 bits per heavy atom. The first-order valence-electron chi connectivity index (χ1n) is 7.15. The summed E-state index contributed by atoms with van der Waals surface area (Å²) in [5.74, 6) is -1.08. The number of hydrogen-bond donors (Lipinski definition) is 1. The van der Waals surface area contributed by atoms with Gasteiger partial charge in [-0.3, -0.25) is 9.59 Å². The molecular weight excluding hydrogens is 274 g/mol. The third kappa shape index (κ3) is 2.24. The number of carbonyl (C=O) groups excluding carboxylic acids is 1. The van der Waals surface area contributed by atoms with Crippen LogP contribution in [-0.2, 0) is 16.0 Å². The lowest BCUT2D eigenvalue weighted by molar-refractivity contribution is -0.142. The summed E-state index contributed by atoms with van der Waals surface area (Å²) in [5.41, 5.74) is 1.18. The van der Waals surface area contributed by atoms with E-state index in [9.17, 15) is 14.7 Å². The zero-order valence-electron chi connectivity index (χ0n) is 11.5. The van der Waals surface area contributed by atoms with Gasteiger partial charge in [-0.05, 0) is 42.2 Å². The maximum absolute atomic E-state index is 12.7. The van der Waals surface area contributed by atoms with E-state index in [1.165, 1.54) is 10.4 Å². The van der Waals surface area contributed by atoms with Crippen molar-refractivity contribution >= 4 is 23.2 Å². The van der Waals surface area contributed by atoms with Gasteiger partial charge < -0.3 is 10.0 Å². The molecule has 20 heavy (non-hydrogen) atoms. The Balaban J connectivity index is 1.77. The van der Waals surface area contributed by atoms with Crippen molar-refractivity contribution in [1.29, 1.82) is 0 Å². The van der Waals surface area contributed by atoms with Crippen molar-refractivity contribution in [3.05, 3.63) is 21.9 Å². The highest BCUT2D eigenvalue weighted by molar-refractivity contribution is 7.10. The van der Waals surface area contributed by atoms with Crippen LogP contribution in [0, 0.1) is 11.8 Å². The molecule has 3 rings (SSSR count). The number of aryl methyl sites for hydroxylation is 1. The van der Waals surface area contributed by atoms with Crippen molar-refractivity contribution in [1.82, 2.24) is 4.90 Å². The predicted molar refractivity (Wildman–Crippen MR) is 76.9 cm³/mol. The average molecular weight is 293 g/mol. The van der Waals surface area contributed by atoms with Crippen LogP contribution in [0.3, 0.4) is 0 Å². The first-order chi connectivity index (χ1) is 9.58. The van der Waals surface area contributed by atoms with Gasteiger partial charge in [-0.25, -0.2) is 0 Å². The van der Waals surface area contributed by atoms with Gasteiger partial charge in [0.2, 0.25) is 5.91 Å². The molecule has 3 unspecified atom stereocenters. The fourth-order valence-corrected chi connectivity index (χ4v) is 4.42. The van der Waals surface area contributed by atoms with Gasteiger partial charge in [0.05, 0.1) is 11.8 Å². The molecule has 1 amide bonds. The van der Waals surface area contributed by atoms with Gasteiger partial charge in [-0.15, -0.1) is 11.3 Å². The molecule has 0 bridgehead atoms. The molecule has 0 radical (unpaired) electrons. The highest BCUT2D eigenvalue weighted by Crippen LogP contribution is 2.37. The molecule has 1 aromatic heterocycles. The highest BCUT2D eigenvalue weighted by Gasteiger charge is 2.40. The van der Waals surface area contributed by atoms with E-state index in [1.54, 1.807) is 16.2 Å². The number of carbonyl (C=O) groups is 2. The molecule has 0 aromatic carbocycles. The van der Waals surface area contributed by atoms with E-state index in [4.69, 9.17) is 0 Å². The molecule has 1 aromatic rings. The molecule has 2 aliphatic rings. The van der Waals surface area contributed by atoms with Crippen LogP contribution in [-0.4, -0.2) is 35.0 Å². The lowest BCUT2D eigenvalue weighted by Crippen LogP contribution is -2.35. The molecule has 0 spiro atoms. The molecule has 1 N–H and O–H groups in total. The number of aliphatic carboxylic acids is 1. The van der Waals surface area contributed by atoms with Crippen LogP contribution < -0.4 is 0 Å². The van der Waals surface area contributed by atoms with Crippen molar-refractivity contribution in [3.63, 3.8) is 0 Å². The zero-order valence-corrected chi connectivity index (χ0v) is 12.4. The minimum absolute atomic E-state index is 0.0435. The maximum atomic E-state index is 12.7. The number of carboxylic acid groups (broad SMARTS) is 1. The number of rotatable bonds is 2. The van der Waals surface area contributed by atoms with E-state index < -0.39 is 11.9 Å². The monoisotopic (exact) mass is 293 g/mol. The quantitative estimate of drug-likeness (QED) is 0.910. The van der Waals surface area contributed by atoms with Crippen LogP contribution in [0.1, 0.15) is 36.1 Å². The summed E-state index contributed by atoms with van der Waals surface area (Å²) >= 11 is 1.73. The predicted octanol–water partition coefficient (Wildman–Crippen LogP) is 2.35. The summed E-state index contributed by atoms with van der Waals surface area (Å²) in [5, 5.41) is 11.2. The molecule has 108 valence electrons. The van der Waals surface area contributed by atoms with E-state index in [2.05, 4.69) is 11.4 Å². The van der Waals surface area contributed by atoms with Crippen LogP contribution in [0.5, 0.6) is 0 Å². The molecule has 1 saturated heterocycles. The largest absolute Gasteiger partial charge is 0.481 e. The number of nitrogens with zero attached hydrogens (tertiary/aromatic N) is 1. The summed E-state index contributed by atoms with van der Waals surface area (Å²) in [7, 11) is 0. The van der Waals surface area contributed by atoms with Gasteiger partial charge in [0.1, 0.15) is 0 Å². The van der Waals surface area contributed by atoms with Gasteiger partial charge in [-0.1, -0.05) is 6.92 Å². The van der Waals surface area contributed by atoms with Crippen molar-refractivity contribution < 1.29 is 14.7 Å². The van der Waals surface area contributed by atoms with E-state index in [0.29, 0.717) is 13.1 Å². The molecule has 1 fully saturated rings. The van der Waals surface area contributed by atoms with Gasteiger partial charge in [0, 0.05) is 18.0 Å². The van der Waals surface area contributed by atoms with Gasteiger partial charge >= 0.3 is 5.97 Å². The van der Waals surface area contributed by atoms with Crippen molar-refractivity contribution in [2.45, 2.75) is 32.1 Å². The summed E-state index contributed by atoms with van der Waals surface area (Å²) in [6.07, 6.45) is 3.02. The van der Waals surface area contributed by atoms with Crippen molar-refractivity contribution in [2.24, 2.45) is 11.8 Å². The summed E-state index contributed by atoms with van der Waals surface area (Å²) in [4.78, 5) is 27.0. The normalized spacial score (nSPS) is 29.2. The fourth-order valence-electron chi connectivity index (χ4n) is 3.43. The molecule has 1 aliphatic carbocycles. The average Bonchev–Trinajstić information content (AvgIpc) is 3.03. The number of carboxylic acids is 1. The molecule has 0 saturated carbocycles. The second-order valence-corrected chi connectivity index (χ2v) is 6.91. The van der Waals surface area contributed by atoms with Crippen LogP contribution in [0.15, 0.2) is 11.4 Å². The first-order valence-corrected chi connectivity index (χ1v) is 8.03.